The van der Waals surface area contributed by atoms with Crippen molar-refractivity contribution in [2.24, 2.45) is 0 Å². The summed E-state index contributed by atoms with van der Waals surface area (Å²) in [6, 6.07) is 4.33. The first kappa shape index (κ1) is 21.7. The predicted molar refractivity (Wildman–Crippen MR) is 104 cm³/mol. The molecular weight excluding hydrogens is 386 g/mol. The molecule has 0 aromatic heterocycles. The first-order valence-corrected chi connectivity index (χ1v) is 10.7. The maximum atomic E-state index is 12.2. The molecule has 1 aliphatic rings. The molecule has 0 aliphatic carbocycles. The number of anilines is 1. The molecule has 1 aromatic carbocycles. The Kier molecular flexibility index (Phi) is 6.65. The summed E-state index contributed by atoms with van der Waals surface area (Å²) in [5.74, 6) is -1.63. The number of benzene rings is 1. The number of carbonyl (C=O) groups is 3. The first-order chi connectivity index (χ1) is 13.0. The second-order valence-electron chi connectivity index (χ2n) is 7.03. The van der Waals surface area contributed by atoms with Crippen LogP contribution in [0.15, 0.2) is 18.2 Å². The molecule has 0 radical (unpaired) electrons. The molecular formula is C18H25N3O6S. The molecule has 2 amide bonds. The zero-order valence-corrected chi connectivity index (χ0v) is 17.1. The van der Waals surface area contributed by atoms with Crippen LogP contribution in [0.3, 0.4) is 0 Å². The zero-order valence-electron chi connectivity index (χ0n) is 16.3. The van der Waals surface area contributed by atoms with Gasteiger partial charge in [-0.15, -0.1) is 0 Å². The summed E-state index contributed by atoms with van der Waals surface area (Å²) < 4.78 is 30.2. The highest BCUT2D eigenvalue weighted by atomic mass is 32.2. The van der Waals surface area contributed by atoms with Crippen molar-refractivity contribution < 1.29 is 27.5 Å². The molecule has 0 saturated heterocycles. The molecule has 0 bridgehead atoms. The summed E-state index contributed by atoms with van der Waals surface area (Å²) in [6.07, 6.45) is 1.62. The van der Waals surface area contributed by atoms with Crippen LogP contribution in [-0.2, 0) is 30.8 Å². The van der Waals surface area contributed by atoms with Crippen LogP contribution in [-0.4, -0.2) is 57.7 Å². The summed E-state index contributed by atoms with van der Waals surface area (Å²) in [6.45, 7) is 4.67. The highest BCUT2D eigenvalue weighted by Crippen LogP contribution is 2.34. The van der Waals surface area contributed by atoms with Gasteiger partial charge < -0.3 is 15.4 Å². The molecule has 1 aliphatic heterocycles. The minimum absolute atomic E-state index is 0.0385. The number of hydrogen-bond acceptors (Lipinski definition) is 6. The van der Waals surface area contributed by atoms with Gasteiger partial charge in [0.1, 0.15) is 0 Å². The van der Waals surface area contributed by atoms with E-state index >= 15 is 0 Å². The standard InChI is InChI=1S/C18H25N3O6S/c1-11(2)20-16(22)9-19-17(23)10-27-18(24)13-5-6-15-14(8-13)7-12(3)21(15)28(4,25)26/h5-6,8,11-12H,7,9-10H2,1-4H3,(H,19,23)(H,20,22)/t12-/m1/s1. The number of sulfonamides is 1. The van der Waals surface area contributed by atoms with Crippen LogP contribution in [0.1, 0.15) is 36.7 Å². The fraction of sp³-hybridized carbons (Fsp3) is 0.500. The quantitative estimate of drug-likeness (QED) is 0.618. The molecule has 0 unspecified atom stereocenters. The van der Waals surface area contributed by atoms with Crippen molar-refractivity contribution in [2.45, 2.75) is 39.3 Å². The molecule has 28 heavy (non-hydrogen) atoms. The van der Waals surface area contributed by atoms with E-state index in [0.29, 0.717) is 12.1 Å². The Morgan fingerprint density at radius 1 is 1.25 bits per heavy atom. The van der Waals surface area contributed by atoms with E-state index in [-0.39, 0.29) is 30.1 Å². The monoisotopic (exact) mass is 411 g/mol. The molecule has 0 spiro atoms. The molecule has 1 aromatic rings. The third-order valence-corrected chi connectivity index (χ3v) is 5.33. The SMILES string of the molecule is CC(C)NC(=O)CNC(=O)COC(=O)c1ccc2c(c1)C[C@@H](C)N2S(C)(=O)=O. The Bertz CT molecular complexity index is 881. The molecule has 0 fully saturated rings. The average molecular weight is 411 g/mol. The molecule has 154 valence electrons. The molecule has 9 nitrogen and oxygen atoms in total. The number of fused-ring (bicyclic) bond motifs is 1. The van der Waals surface area contributed by atoms with Crippen LogP contribution in [0.2, 0.25) is 0 Å². The van der Waals surface area contributed by atoms with Crippen molar-refractivity contribution in [3.63, 3.8) is 0 Å². The molecule has 2 N–H and O–H groups in total. The van der Waals surface area contributed by atoms with Gasteiger partial charge in [0.2, 0.25) is 15.9 Å². The van der Waals surface area contributed by atoms with E-state index in [0.717, 1.165) is 11.8 Å². The van der Waals surface area contributed by atoms with Crippen molar-refractivity contribution in [1.29, 1.82) is 0 Å². The zero-order chi connectivity index (χ0) is 21.1. The van der Waals surface area contributed by atoms with E-state index in [1.807, 2.05) is 0 Å². The second-order valence-corrected chi connectivity index (χ2v) is 8.89. The largest absolute Gasteiger partial charge is 0.452 e. The minimum Gasteiger partial charge on any atom is -0.452 e. The van der Waals surface area contributed by atoms with Crippen LogP contribution in [0.25, 0.3) is 0 Å². The van der Waals surface area contributed by atoms with Crippen molar-refractivity contribution in [3.05, 3.63) is 29.3 Å². The minimum atomic E-state index is -3.41. The Morgan fingerprint density at radius 3 is 2.54 bits per heavy atom. The summed E-state index contributed by atoms with van der Waals surface area (Å²) in [5, 5.41) is 4.99. The number of ether oxygens (including phenoxy) is 1. The lowest BCUT2D eigenvalue weighted by Gasteiger charge is -2.21. The van der Waals surface area contributed by atoms with Gasteiger partial charge in [-0.2, -0.15) is 0 Å². The molecule has 1 heterocycles. The van der Waals surface area contributed by atoms with Gasteiger partial charge in [0.15, 0.2) is 6.61 Å². The fourth-order valence-electron chi connectivity index (χ4n) is 3.05. The van der Waals surface area contributed by atoms with Crippen molar-refractivity contribution in [1.82, 2.24) is 10.6 Å². The summed E-state index contributed by atoms with van der Waals surface area (Å²) in [4.78, 5) is 35.4. The number of nitrogens with one attached hydrogen (secondary N) is 2. The van der Waals surface area contributed by atoms with Crippen molar-refractivity contribution >= 4 is 33.5 Å². The number of hydrogen-bond donors (Lipinski definition) is 2. The lowest BCUT2D eigenvalue weighted by Crippen LogP contribution is -2.41. The smallest absolute Gasteiger partial charge is 0.338 e. The van der Waals surface area contributed by atoms with Gasteiger partial charge in [-0.1, -0.05) is 0 Å². The Balaban J connectivity index is 1.93. The number of nitrogens with zero attached hydrogens (tertiary/aromatic N) is 1. The number of esters is 1. The number of rotatable bonds is 7. The van der Waals surface area contributed by atoms with Crippen molar-refractivity contribution in [2.75, 3.05) is 23.7 Å². The lowest BCUT2D eigenvalue weighted by atomic mass is 10.1. The average Bonchev–Trinajstić information content (AvgIpc) is 2.92. The van der Waals surface area contributed by atoms with E-state index in [1.54, 1.807) is 32.9 Å². The van der Waals surface area contributed by atoms with E-state index in [2.05, 4.69) is 10.6 Å². The molecule has 0 saturated carbocycles. The Labute approximate surface area is 164 Å². The van der Waals surface area contributed by atoms with Gasteiger partial charge >= 0.3 is 5.97 Å². The van der Waals surface area contributed by atoms with Gasteiger partial charge in [-0.05, 0) is 51.0 Å². The fourth-order valence-corrected chi connectivity index (χ4v) is 4.32. The lowest BCUT2D eigenvalue weighted by molar-refractivity contribution is -0.128. The normalized spacial score (nSPS) is 15.9. The van der Waals surface area contributed by atoms with E-state index in [4.69, 9.17) is 4.74 Å². The first-order valence-electron chi connectivity index (χ1n) is 8.84. The summed E-state index contributed by atoms with van der Waals surface area (Å²) in [7, 11) is -3.41. The van der Waals surface area contributed by atoms with E-state index < -0.39 is 28.5 Å². The van der Waals surface area contributed by atoms with Crippen LogP contribution in [0.4, 0.5) is 5.69 Å². The van der Waals surface area contributed by atoms with Crippen molar-refractivity contribution in [3.8, 4) is 0 Å². The molecule has 10 heteroatoms. The van der Waals surface area contributed by atoms with Gasteiger partial charge in [0.25, 0.3) is 5.91 Å². The van der Waals surface area contributed by atoms with E-state index in [9.17, 15) is 22.8 Å². The van der Waals surface area contributed by atoms with Crippen LogP contribution < -0.4 is 14.9 Å². The Hall–Kier alpha value is -2.62. The third kappa shape index (κ3) is 5.44. The second kappa shape index (κ2) is 8.59. The third-order valence-electron chi connectivity index (χ3n) is 4.06. The van der Waals surface area contributed by atoms with E-state index in [1.165, 1.54) is 10.4 Å². The van der Waals surface area contributed by atoms with Crippen LogP contribution in [0.5, 0.6) is 0 Å². The molecule has 2 rings (SSSR count). The summed E-state index contributed by atoms with van der Waals surface area (Å²) >= 11 is 0. The van der Waals surface area contributed by atoms with Gasteiger partial charge in [-0.3, -0.25) is 13.9 Å². The van der Waals surface area contributed by atoms with Gasteiger partial charge in [0.05, 0.1) is 24.1 Å². The predicted octanol–water partition coefficient (Wildman–Crippen LogP) is 0.195. The summed E-state index contributed by atoms with van der Waals surface area (Å²) in [5.41, 5.74) is 1.49. The van der Waals surface area contributed by atoms with Gasteiger partial charge in [0, 0.05) is 12.1 Å². The number of amides is 2. The maximum absolute atomic E-state index is 12.2. The molecule has 1 atom stereocenters. The van der Waals surface area contributed by atoms with Crippen LogP contribution >= 0.6 is 0 Å². The van der Waals surface area contributed by atoms with Crippen LogP contribution in [0, 0.1) is 0 Å². The van der Waals surface area contributed by atoms with Gasteiger partial charge in [-0.25, -0.2) is 13.2 Å². The highest BCUT2D eigenvalue weighted by molar-refractivity contribution is 7.92. The number of carbonyl (C=O) groups excluding carboxylic acids is 3. The topological polar surface area (TPSA) is 122 Å². The maximum Gasteiger partial charge on any atom is 0.338 e. The Morgan fingerprint density at radius 2 is 1.93 bits per heavy atom. The highest BCUT2D eigenvalue weighted by Gasteiger charge is 2.32.